The first-order chi connectivity index (χ1) is 9.33. The third-order valence-electron chi connectivity index (χ3n) is 3.60. The summed E-state index contributed by atoms with van der Waals surface area (Å²) >= 11 is 0. The molecule has 0 saturated heterocycles. The summed E-state index contributed by atoms with van der Waals surface area (Å²) in [6, 6.07) is 10.1. The van der Waals surface area contributed by atoms with Crippen molar-refractivity contribution in [2.24, 2.45) is 0 Å². The number of benzene rings is 1. The monoisotopic (exact) mass is 257 g/mol. The minimum Gasteiger partial charge on any atom is -0.387 e. The molecule has 0 saturated carbocycles. The number of rotatable bonds is 7. The van der Waals surface area contributed by atoms with Crippen LogP contribution in [-0.4, -0.2) is 10.1 Å². The number of hydrogen-bond donors (Lipinski definition) is 1. The van der Waals surface area contributed by atoms with E-state index >= 15 is 0 Å². The Kier molecular flexibility index (Phi) is 5.34. The van der Waals surface area contributed by atoms with Crippen molar-refractivity contribution in [1.82, 2.24) is 4.98 Å². The van der Waals surface area contributed by atoms with Crippen molar-refractivity contribution in [3.8, 4) is 0 Å². The van der Waals surface area contributed by atoms with Gasteiger partial charge in [0.05, 0.1) is 11.8 Å². The zero-order valence-corrected chi connectivity index (χ0v) is 11.7. The number of aromatic nitrogens is 1. The van der Waals surface area contributed by atoms with Crippen LogP contribution in [0, 0.1) is 0 Å². The lowest BCUT2D eigenvalue weighted by atomic mass is 10.0. The van der Waals surface area contributed by atoms with Gasteiger partial charge in [0.1, 0.15) is 0 Å². The second-order valence-electron chi connectivity index (χ2n) is 5.14. The van der Waals surface area contributed by atoms with Gasteiger partial charge in [0, 0.05) is 11.6 Å². The number of fused-ring (bicyclic) bond motifs is 1. The van der Waals surface area contributed by atoms with Crippen molar-refractivity contribution < 1.29 is 5.11 Å². The molecule has 1 N–H and O–H groups in total. The minimum absolute atomic E-state index is 0.437. The van der Waals surface area contributed by atoms with Gasteiger partial charge >= 0.3 is 0 Å². The van der Waals surface area contributed by atoms with E-state index in [0.29, 0.717) is 0 Å². The van der Waals surface area contributed by atoms with Crippen molar-refractivity contribution in [3.05, 3.63) is 42.2 Å². The minimum atomic E-state index is -0.437. The first-order valence-electron chi connectivity index (χ1n) is 7.34. The lowest BCUT2D eigenvalue weighted by Crippen LogP contribution is -2.01. The van der Waals surface area contributed by atoms with Gasteiger partial charge in [-0.1, -0.05) is 63.3 Å². The molecule has 0 aliphatic heterocycles. The highest BCUT2D eigenvalue weighted by Gasteiger charge is 2.11. The Bertz CT molecular complexity index is 504. The van der Waals surface area contributed by atoms with Crippen LogP contribution in [0.1, 0.15) is 57.2 Å². The van der Waals surface area contributed by atoms with E-state index in [1.54, 1.807) is 6.20 Å². The summed E-state index contributed by atoms with van der Waals surface area (Å²) in [5.41, 5.74) is 0.827. The van der Waals surface area contributed by atoms with Gasteiger partial charge in [-0.3, -0.25) is 4.98 Å². The van der Waals surface area contributed by atoms with Gasteiger partial charge in [0.2, 0.25) is 0 Å². The van der Waals surface area contributed by atoms with Gasteiger partial charge in [-0.25, -0.2) is 0 Å². The van der Waals surface area contributed by atoms with E-state index in [2.05, 4.69) is 18.0 Å². The molecule has 0 aliphatic carbocycles. The van der Waals surface area contributed by atoms with Crippen LogP contribution in [0.25, 0.3) is 10.8 Å². The van der Waals surface area contributed by atoms with Gasteiger partial charge in [0.15, 0.2) is 0 Å². The van der Waals surface area contributed by atoms with E-state index in [1.165, 1.54) is 25.7 Å². The molecule has 0 bridgehead atoms. The highest BCUT2D eigenvalue weighted by molar-refractivity contribution is 5.84. The summed E-state index contributed by atoms with van der Waals surface area (Å²) in [5.74, 6) is 0. The van der Waals surface area contributed by atoms with Crippen molar-refractivity contribution in [3.63, 3.8) is 0 Å². The average Bonchev–Trinajstić information content (AvgIpc) is 2.46. The van der Waals surface area contributed by atoms with Crippen LogP contribution < -0.4 is 0 Å². The highest BCUT2D eigenvalue weighted by atomic mass is 16.3. The molecule has 1 unspecified atom stereocenters. The van der Waals surface area contributed by atoms with Crippen LogP contribution >= 0.6 is 0 Å². The molecule has 102 valence electrons. The molecule has 2 nitrogen and oxygen atoms in total. The summed E-state index contributed by atoms with van der Waals surface area (Å²) in [7, 11) is 0. The standard InChI is InChI=1S/C17H23NO/c1-2-3-4-5-6-11-16(19)17-15-10-8-7-9-14(15)12-13-18-17/h7-10,12-13,16,19H,2-6,11H2,1H3. The van der Waals surface area contributed by atoms with E-state index < -0.39 is 6.10 Å². The lowest BCUT2D eigenvalue weighted by Gasteiger charge is -2.12. The van der Waals surface area contributed by atoms with Crippen LogP contribution in [0.15, 0.2) is 36.5 Å². The first kappa shape index (κ1) is 14.0. The molecule has 2 heteroatoms. The summed E-state index contributed by atoms with van der Waals surface area (Å²) in [6.45, 7) is 2.22. The lowest BCUT2D eigenvalue weighted by molar-refractivity contribution is 0.160. The highest BCUT2D eigenvalue weighted by Crippen LogP contribution is 2.25. The Labute approximate surface area is 115 Å². The van der Waals surface area contributed by atoms with Crippen molar-refractivity contribution in [1.29, 1.82) is 0 Å². The molecular formula is C17H23NO. The average molecular weight is 257 g/mol. The molecule has 1 aromatic carbocycles. The van der Waals surface area contributed by atoms with Crippen molar-refractivity contribution in [2.75, 3.05) is 0 Å². The fourth-order valence-electron chi connectivity index (χ4n) is 2.49. The Hall–Kier alpha value is -1.41. The fourth-order valence-corrected chi connectivity index (χ4v) is 2.49. The molecule has 1 atom stereocenters. The van der Waals surface area contributed by atoms with E-state index in [-0.39, 0.29) is 0 Å². The van der Waals surface area contributed by atoms with E-state index in [1.807, 2.05) is 24.3 Å². The van der Waals surface area contributed by atoms with Crippen LogP contribution in [0.3, 0.4) is 0 Å². The second-order valence-corrected chi connectivity index (χ2v) is 5.14. The van der Waals surface area contributed by atoms with E-state index in [9.17, 15) is 5.11 Å². The number of aliphatic hydroxyl groups excluding tert-OH is 1. The summed E-state index contributed by atoms with van der Waals surface area (Å²) in [4.78, 5) is 4.37. The molecular weight excluding hydrogens is 234 g/mol. The zero-order valence-electron chi connectivity index (χ0n) is 11.7. The summed E-state index contributed by atoms with van der Waals surface area (Å²) in [5, 5.41) is 12.5. The van der Waals surface area contributed by atoms with Gasteiger partial charge < -0.3 is 5.11 Å². The van der Waals surface area contributed by atoms with Gasteiger partial charge in [0.25, 0.3) is 0 Å². The Balaban J connectivity index is 1.99. The molecule has 0 amide bonds. The molecule has 19 heavy (non-hydrogen) atoms. The maximum absolute atomic E-state index is 10.3. The molecule has 0 aliphatic rings. The number of nitrogens with zero attached hydrogens (tertiary/aromatic N) is 1. The van der Waals surface area contributed by atoms with Crippen LogP contribution in [0.4, 0.5) is 0 Å². The van der Waals surface area contributed by atoms with E-state index in [0.717, 1.165) is 29.3 Å². The van der Waals surface area contributed by atoms with Crippen LogP contribution in [-0.2, 0) is 0 Å². The molecule has 1 heterocycles. The molecule has 2 rings (SSSR count). The Morgan fingerprint density at radius 1 is 1.05 bits per heavy atom. The Morgan fingerprint density at radius 3 is 2.68 bits per heavy atom. The second kappa shape index (κ2) is 7.25. The molecule has 1 aromatic heterocycles. The third kappa shape index (κ3) is 3.77. The zero-order chi connectivity index (χ0) is 13.5. The normalized spacial score (nSPS) is 12.7. The predicted molar refractivity (Wildman–Crippen MR) is 80.1 cm³/mol. The SMILES string of the molecule is CCCCCCCC(O)c1nccc2ccccc12. The maximum Gasteiger partial charge on any atom is 0.0966 e. The van der Waals surface area contributed by atoms with Crippen molar-refractivity contribution >= 4 is 10.8 Å². The molecule has 2 aromatic rings. The number of hydrogen-bond acceptors (Lipinski definition) is 2. The van der Waals surface area contributed by atoms with Crippen LogP contribution in [0.2, 0.25) is 0 Å². The first-order valence-corrected chi connectivity index (χ1v) is 7.34. The molecule has 0 spiro atoms. The summed E-state index contributed by atoms with van der Waals surface area (Å²) in [6.07, 6.45) is 8.26. The largest absolute Gasteiger partial charge is 0.387 e. The van der Waals surface area contributed by atoms with E-state index in [4.69, 9.17) is 0 Å². The van der Waals surface area contributed by atoms with Gasteiger partial charge in [-0.2, -0.15) is 0 Å². The molecule has 0 radical (unpaired) electrons. The third-order valence-corrected chi connectivity index (χ3v) is 3.60. The molecule has 0 fully saturated rings. The van der Waals surface area contributed by atoms with Crippen molar-refractivity contribution in [2.45, 2.75) is 51.6 Å². The topological polar surface area (TPSA) is 33.1 Å². The Morgan fingerprint density at radius 2 is 1.84 bits per heavy atom. The number of unbranched alkanes of at least 4 members (excludes halogenated alkanes) is 4. The number of aliphatic hydroxyl groups is 1. The van der Waals surface area contributed by atoms with Gasteiger partial charge in [-0.15, -0.1) is 0 Å². The fraction of sp³-hybridized carbons (Fsp3) is 0.471. The van der Waals surface area contributed by atoms with Gasteiger partial charge in [-0.05, 0) is 17.9 Å². The maximum atomic E-state index is 10.3. The number of pyridine rings is 1. The summed E-state index contributed by atoms with van der Waals surface area (Å²) < 4.78 is 0. The quantitative estimate of drug-likeness (QED) is 0.734. The smallest absolute Gasteiger partial charge is 0.0966 e. The van der Waals surface area contributed by atoms with Crippen LogP contribution in [0.5, 0.6) is 0 Å². The predicted octanol–water partition coefficient (Wildman–Crippen LogP) is 4.63.